The Balaban J connectivity index is 2.83. The lowest BCUT2D eigenvalue weighted by Crippen LogP contribution is -2.45. The highest BCUT2D eigenvalue weighted by atomic mass is 19.2. The van der Waals surface area contributed by atoms with Crippen LogP contribution >= 0.6 is 0 Å². The van der Waals surface area contributed by atoms with Crippen molar-refractivity contribution in [2.45, 2.75) is 26.8 Å². The van der Waals surface area contributed by atoms with E-state index in [9.17, 15) is 23.2 Å². The lowest BCUT2D eigenvalue weighted by Gasteiger charge is -2.20. The second-order valence-corrected chi connectivity index (χ2v) is 6.22. The van der Waals surface area contributed by atoms with Crippen molar-refractivity contribution in [2.75, 3.05) is 13.6 Å². The van der Waals surface area contributed by atoms with E-state index >= 15 is 0 Å². The molecule has 3 amide bonds. The van der Waals surface area contributed by atoms with E-state index in [-0.39, 0.29) is 18.0 Å². The van der Waals surface area contributed by atoms with Crippen LogP contribution in [0.25, 0.3) is 0 Å². The Morgan fingerprint density at radius 3 is 2.25 bits per heavy atom. The molecular formula is C16H21F2N3O3. The van der Waals surface area contributed by atoms with Gasteiger partial charge in [0.05, 0.1) is 6.54 Å². The zero-order valence-corrected chi connectivity index (χ0v) is 14.0. The molecule has 0 saturated carbocycles. The SMILES string of the molecule is CNC(=O)C(NC(=O)CNC(=O)C(C)(C)C)c1ccc(F)c(F)c1. The number of benzene rings is 1. The summed E-state index contributed by atoms with van der Waals surface area (Å²) in [7, 11) is 1.35. The molecule has 0 fully saturated rings. The first-order valence-corrected chi connectivity index (χ1v) is 7.30. The molecule has 0 aliphatic rings. The van der Waals surface area contributed by atoms with Crippen LogP contribution in [0.3, 0.4) is 0 Å². The number of likely N-dealkylation sites (N-methyl/N-ethyl adjacent to an activating group) is 1. The molecule has 3 N–H and O–H groups in total. The van der Waals surface area contributed by atoms with Crippen molar-refractivity contribution in [3.8, 4) is 0 Å². The van der Waals surface area contributed by atoms with Gasteiger partial charge in [0, 0.05) is 12.5 Å². The van der Waals surface area contributed by atoms with Crippen LogP contribution in [0, 0.1) is 17.0 Å². The van der Waals surface area contributed by atoms with Gasteiger partial charge in [-0.15, -0.1) is 0 Å². The van der Waals surface area contributed by atoms with Gasteiger partial charge in [-0.2, -0.15) is 0 Å². The quantitative estimate of drug-likeness (QED) is 0.748. The minimum atomic E-state index is -1.20. The van der Waals surface area contributed by atoms with Crippen molar-refractivity contribution in [2.24, 2.45) is 5.41 Å². The molecule has 1 rings (SSSR count). The number of halogens is 2. The fourth-order valence-corrected chi connectivity index (χ4v) is 1.77. The predicted molar refractivity (Wildman–Crippen MR) is 83.8 cm³/mol. The van der Waals surface area contributed by atoms with E-state index in [1.165, 1.54) is 13.1 Å². The highest BCUT2D eigenvalue weighted by Gasteiger charge is 2.25. The maximum atomic E-state index is 13.4. The molecule has 0 spiro atoms. The molecule has 24 heavy (non-hydrogen) atoms. The van der Waals surface area contributed by atoms with E-state index in [4.69, 9.17) is 0 Å². The number of hydrogen-bond donors (Lipinski definition) is 3. The van der Waals surface area contributed by atoms with Crippen LogP contribution in [0.2, 0.25) is 0 Å². The van der Waals surface area contributed by atoms with Gasteiger partial charge in [-0.05, 0) is 17.7 Å². The van der Waals surface area contributed by atoms with Crippen LogP contribution < -0.4 is 16.0 Å². The van der Waals surface area contributed by atoms with Gasteiger partial charge in [-0.25, -0.2) is 8.78 Å². The van der Waals surface area contributed by atoms with E-state index < -0.39 is 34.9 Å². The molecule has 1 atom stereocenters. The van der Waals surface area contributed by atoms with Gasteiger partial charge in [0.15, 0.2) is 11.6 Å². The molecule has 0 saturated heterocycles. The normalized spacial score (nSPS) is 12.2. The summed E-state index contributed by atoms with van der Waals surface area (Å²) in [6, 6.07) is 1.70. The van der Waals surface area contributed by atoms with Gasteiger partial charge in [0.25, 0.3) is 0 Å². The van der Waals surface area contributed by atoms with Crippen molar-refractivity contribution in [3.05, 3.63) is 35.4 Å². The summed E-state index contributed by atoms with van der Waals surface area (Å²) >= 11 is 0. The van der Waals surface area contributed by atoms with Crippen LogP contribution in [-0.2, 0) is 14.4 Å². The standard InChI is InChI=1S/C16H21F2N3O3/c1-16(2,3)15(24)20-8-12(22)21-13(14(23)19-4)9-5-6-10(17)11(18)7-9/h5-7,13H,8H2,1-4H3,(H,19,23)(H,20,24)(H,21,22). The average Bonchev–Trinajstić information content (AvgIpc) is 2.51. The topological polar surface area (TPSA) is 87.3 Å². The summed E-state index contributed by atoms with van der Waals surface area (Å²) in [5.41, 5.74) is -0.579. The second kappa shape index (κ2) is 7.85. The van der Waals surface area contributed by atoms with E-state index in [2.05, 4.69) is 16.0 Å². The number of nitrogens with one attached hydrogen (secondary N) is 3. The van der Waals surface area contributed by atoms with Gasteiger partial charge in [-0.3, -0.25) is 14.4 Å². The van der Waals surface area contributed by atoms with Gasteiger partial charge < -0.3 is 16.0 Å². The van der Waals surface area contributed by atoms with Gasteiger partial charge in [0.2, 0.25) is 17.7 Å². The lowest BCUT2D eigenvalue weighted by atomic mass is 9.96. The fraction of sp³-hybridized carbons (Fsp3) is 0.438. The average molecular weight is 341 g/mol. The van der Waals surface area contributed by atoms with Crippen LogP contribution in [0.15, 0.2) is 18.2 Å². The summed E-state index contributed by atoms with van der Waals surface area (Å²) < 4.78 is 26.4. The summed E-state index contributed by atoms with van der Waals surface area (Å²) in [4.78, 5) is 35.6. The Labute approximate surface area is 139 Å². The predicted octanol–water partition coefficient (Wildman–Crippen LogP) is 1.03. The Hall–Kier alpha value is -2.51. The third-order valence-corrected chi connectivity index (χ3v) is 3.18. The van der Waals surface area contributed by atoms with E-state index in [1.54, 1.807) is 20.8 Å². The Bertz CT molecular complexity index is 642. The van der Waals surface area contributed by atoms with Gasteiger partial charge >= 0.3 is 0 Å². The first-order chi connectivity index (χ1) is 11.1. The number of hydrogen-bond acceptors (Lipinski definition) is 3. The van der Waals surface area contributed by atoms with Crippen molar-refractivity contribution in [1.29, 1.82) is 0 Å². The van der Waals surface area contributed by atoms with Crippen molar-refractivity contribution >= 4 is 17.7 Å². The zero-order chi connectivity index (χ0) is 18.5. The largest absolute Gasteiger partial charge is 0.357 e. The summed E-state index contributed by atoms with van der Waals surface area (Å²) in [6.45, 7) is 4.73. The van der Waals surface area contributed by atoms with E-state index in [0.717, 1.165) is 12.1 Å². The highest BCUT2D eigenvalue weighted by molar-refractivity contribution is 5.91. The van der Waals surface area contributed by atoms with E-state index in [0.29, 0.717) is 0 Å². The number of rotatable bonds is 5. The molecule has 8 heteroatoms. The number of amides is 3. The number of carbonyl (C=O) groups is 3. The van der Waals surface area contributed by atoms with Crippen LogP contribution in [0.1, 0.15) is 32.4 Å². The summed E-state index contributed by atoms with van der Waals surface area (Å²) in [6.07, 6.45) is 0. The highest BCUT2D eigenvalue weighted by Crippen LogP contribution is 2.17. The van der Waals surface area contributed by atoms with Crippen LogP contribution in [-0.4, -0.2) is 31.3 Å². The zero-order valence-electron chi connectivity index (χ0n) is 14.0. The Kier molecular flexibility index (Phi) is 6.39. The molecule has 0 aliphatic carbocycles. The fourth-order valence-electron chi connectivity index (χ4n) is 1.77. The first-order valence-electron chi connectivity index (χ1n) is 7.30. The molecule has 1 unspecified atom stereocenters. The Morgan fingerprint density at radius 1 is 1.12 bits per heavy atom. The maximum absolute atomic E-state index is 13.4. The molecule has 0 bridgehead atoms. The van der Waals surface area contributed by atoms with E-state index in [1.807, 2.05) is 0 Å². The molecular weight excluding hydrogens is 320 g/mol. The monoisotopic (exact) mass is 341 g/mol. The molecule has 1 aromatic carbocycles. The van der Waals surface area contributed by atoms with Crippen molar-refractivity contribution < 1.29 is 23.2 Å². The minimum absolute atomic E-state index is 0.0868. The van der Waals surface area contributed by atoms with Crippen molar-refractivity contribution in [3.63, 3.8) is 0 Å². The second-order valence-electron chi connectivity index (χ2n) is 6.22. The van der Waals surface area contributed by atoms with Gasteiger partial charge in [-0.1, -0.05) is 26.8 Å². The summed E-state index contributed by atoms with van der Waals surface area (Å²) in [5, 5.41) is 7.16. The maximum Gasteiger partial charge on any atom is 0.246 e. The third-order valence-electron chi connectivity index (χ3n) is 3.18. The van der Waals surface area contributed by atoms with Crippen LogP contribution in [0.5, 0.6) is 0 Å². The molecule has 0 radical (unpaired) electrons. The molecule has 0 aliphatic heterocycles. The summed E-state index contributed by atoms with van der Waals surface area (Å²) in [5.74, 6) is -3.75. The first kappa shape index (κ1) is 19.5. The molecule has 1 aromatic rings. The lowest BCUT2D eigenvalue weighted by molar-refractivity contribution is -0.132. The Morgan fingerprint density at radius 2 is 1.75 bits per heavy atom. The number of carbonyl (C=O) groups excluding carboxylic acids is 3. The minimum Gasteiger partial charge on any atom is -0.357 e. The smallest absolute Gasteiger partial charge is 0.246 e. The van der Waals surface area contributed by atoms with Crippen LogP contribution in [0.4, 0.5) is 8.78 Å². The molecule has 6 nitrogen and oxygen atoms in total. The van der Waals surface area contributed by atoms with Gasteiger partial charge in [0.1, 0.15) is 6.04 Å². The molecule has 0 heterocycles. The van der Waals surface area contributed by atoms with Crippen molar-refractivity contribution in [1.82, 2.24) is 16.0 Å². The molecule has 0 aromatic heterocycles. The molecule has 132 valence electrons. The third kappa shape index (κ3) is 5.29.